The van der Waals surface area contributed by atoms with Crippen molar-refractivity contribution in [3.05, 3.63) is 29.8 Å². The van der Waals surface area contributed by atoms with E-state index in [1.165, 1.54) is 19.2 Å². The molecule has 0 spiro atoms. The van der Waals surface area contributed by atoms with Crippen LogP contribution in [0, 0.1) is 11.8 Å². The molecule has 1 aliphatic rings. The Morgan fingerprint density at radius 2 is 1.80 bits per heavy atom. The number of methoxy groups -OCH3 is 1. The molecule has 1 aromatic carbocycles. The molecule has 7 heteroatoms. The lowest BCUT2D eigenvalue weighted by molar-refractivity contribution is -0.151. The Bertz CT molecular complexity index is 608. The summed E-state index contributed by atoms with van der Waals surface area (Å²) in [4.78, 5) is 24.7. The van der Waals surface area contributed by atoms with E-state index in [0.717, 1.165) is 50.7 Å². The quantitative estimate of drug-likeness (QED) is 0.494. The van der Waals surface area contributed by atoms with Crippen LogP contribution in [0.4, 0.5) is 18.9 Å². The average Bonchev–Trinajstić information content (AvgIpc) is 2.83. The Kier molecular flexibility index (Phi) is 6.45. The van der Waals surface area contributed by atoms with Crippen molar-refractivity contribution in [2.24, 2.45) is 11.8 Å². The SMILES string of the molecule is COC(=O)[C@@H](C(=O)Nc1cccc(C(F)(F)F)c1)C1CCCCCC1. The fourth-order valence-electron chi connectivity index (χ4n) is 3.28. The van der Waals surface area contributed by atoms with Gasteiger partial charge in [-0.1, -0.05) is 31.7 Å². The molecule has 1 aliphatic carbocycles. The summed E-state index contributed by atoms with van der Waals surface area (Å²) >= 11 is 0. The fraction of sp³-hybridized carbons (Fsp3) is 0.556. The number of rotatable bonds is 4. The van der Waals surface area contributed by atoms with Gasteiger partial charge < -0.3 is 10.1 Å². The highest BCUT2D eigenvalue weighted by molar-refractivity contribution is 6.05. The number of halogens is 3. The minimum atomic E-state index is -4.50. The molecule has 1 fully saturated rings. The van der Waals surface area contributed by atoms with Crippen LogP contribution < -0.4 is 5.32 Å². The Hall–Kier alpha value is -2.05. The van der Waals surface area contributed by atoms with Crippen molar-refractivity contribution in [1.29, 1.82) is 0 Å². The van der Waals surface area contributed by atoms with Crippen molar-refractivity contribution in [2.75, 3.05) is 12.4 Å². The summed E-state index contributed by atoms with van der Waals surface area (Å²) in [7, 11) is 1.21. The molecular weight excluding hydrogens is 335 g/mol. The third-order valence-corrected chi connectivity index (χ3v) is 4.57. The van der Waals surface area contributed by atoms with Crippen molar-refractivity contribution in [1.82, 2.24) is 0 Å². The molecule has 0 bridgehead atoms. The van der Waals surface area contributed by atoms with Gasteiger partial charge in [0.1, 0.15) is 5.92 Å². The first-order valence-corrected chi connectivity index (χ1v) is 8.39. The number of hydrogen-bond acceptors (Lipinski definition) is 3. The van der Waals surface area contributed by atoms with Gasteiger partial charge in [0.05, 0.1) is 12.7 Å². The first kappa shape index (κ1) is 19.3. The first-order valence-electron chi connectivity index (χ1n) is 8.39. The van der Waals surface area contributed by atoms with Crippen LogP contribution in [0.1, 0.15) is 44.1 Å². The molecule has 25 heavy (non-hydrogen) atoms. The molecule has 1 atom stereocenters. The largest absolute Gasteiger partial charge is 0.468 e. The van der Waals surface area contributed by atoms with Gasteiger partial charge in [-0.3, -0.25) is 9.59 Å². The molecule has 0 saturated heterocycles. The van der Waals surface area contributed by atoms with Crippen LogP contribution in [0.2, 0.25) is 0 Å². The summed E-state index contributed by atoms with van der Waals surface area (Å²) in [5.41, 5.74) is -0.836. The predicted molar refractivity (Wildman–Crippen MR) is 86.8 cm³/mol. The van der Waals surface area contributed by atoms with Crippen molar-refractivity contribution < 1.29 is 27.5 Å². The number of carbonyl (C=O) groups excluding carboxylic acids is 2. The molecule has 4 nitrogen and oxygen atoms in total. The lowest BCUT2D eigenvalue weighted by Gasteiger charge is -2.23. The van der Waals surface area contributed by atoms with E-state index >= 15 is 0 Å². The van der Waals surface area contributed by atoms with E-state index in [9.17, 15) is 22.8 Å². The maximum Gasteiger partial charge on any atom is 0.416 e. The van der Waals surface area contributed by atoms with Gasteiger partial charge in [0.25, 0.3) is 0 Å². The molecule has 1 N–H and O–H groups in total. The summed E-state index contributed by atoms with van der Waals surface area (Å²) in [6.45, 7) is 0. The number of benzene rings is 1. The molecule has 138 valence electrons. The van der Waals surface area contributed by atoms with Crippen LogP contribution in [0.15, 0.2) is 24.3 Å². The van der Waals surface area contributed by atoms with Gasteiger partial charge in [0.2, 0.25) is 5.91 Å². The number of amides is 1. The van der Waals surface area contributed by atoms with Gasteiger partial charge >= 0.3 is 12.1 Å². The number of carbonyl (C=O) groups is 2. The van der Waals surface area contributed by atoms with Crippen LogP contribution in [0.5, 0.6) is 0 Å². The lowest BCUT2D eigenvalue weighted by atomic mass is 9.85. The Morgan fingerprint density at radius 1 is 1.16 bits per heavy atom. The Labute approximate surface area is 144 Å². The molecule has 1 amide bonds. The zero-order valence-electron chi connectivity index (χ0n) is 14.1. The smallest absolute Gasteiger partial charge is 0.416 e. The predicted octanol–water partition coefficient (Wildman–Crippen LogP) is 4.40. The molecule has 0 heterocycles. The first-order chi connectivity index (χ1) is 11.8. The highest BCUT2D eigenvalue weighted by Gasteiger charge is 2.36. The van der Waals surface area contributed by atoms with Gasteiger partial charge in [-0.25, -0.2) is 0 Å². The van der Waals surface area contributed by atoms with Crippen LogP contribution >= 0.6 is 0 Å². The topological polar surface area (TPSA) is 55.4 Å². The van der Waals surface area contributed by atoms with Gasteiger partial charge in [-0.05, 0) is 37.0 Å². The molecule has 1 saturated carbocycles. The molecule has 0 unspecified atom stereocenters. The van der Waals surface area contributed by atoms with Crippen molar-refractivity contribution in [2.45, 2.75) is 44.7 Å². The molecule has 1 aromatic rings. The second kappa shape index (κ2) is 8.36. The molecule has 2 rings (SSSR count). The molecule has 0 aromatic heterocycles. The van der Waals surface area contributed by atoms with Crippen LogP contribution in [0.25, 0.3) is 0 Å². The molecule has 0 aliphatic heterocycles. The van der Waals surface area contributed by atoms with Gasteiger partial charge in [0.15, 0.2) is 0 Å². The van der Waals surface area contributed by atoms with Crippen LogP contribution in [-0.4, -0.2) is 19.0 Å². The van der Waals surface area contributed by atoms with E-state index in [4.69, 9.17) is 4.74 Å². The summed E-state index contributed by atoms with van der Waals surface area (Å²) in [5, 5.41) is 2.45. The van der Waals surface area contributed by atoms with Crippen molar-refractivity contribution >= 4 is 17.6 Å². The third kappa shape index (κ3) is 5.21. The zero-order chi connectivity index (χ0) is 18.4. The highest BCUT2D eigenvalue weighted by Crippen LogP contribution is 2.33. The zero-order valence-corrected chi connectivity index (χ0v) is 14.1. The van der Waals surface area contributed by atoms with Crippen LogP contribution in [0.3, 0.4) is 0 Å². The van der Waals surface area contributed by atoms with Crippen molar-refractivity contribution in [3.63, 3.8) is 0 Å². The normalized spacial score (nSPS) is 17.4. The fourth-order valence-corrected chi connectivity index (χ4v) is 3.28. The second-order valence-electron chi connectivity index (χ2n) is 6.32. The molecule has 0 radical (unpaired) electrons. The minimum Gasteiger partial charge on any atom is -0.468 e. The maximum absolute atomic E-state index is 12.8. The lowest BCUT2D eigenvalue weighted by Crippen LogP contribution is -2.36. The summed E-state index contributed by atoms with van der Waals surface area (Å²) in [5.74, 6) is -2.41. The van der Waals surface area contributed by atoms with Gasteiger partial charge in [0, 0.05) is 5.69 Å². The molecular formula is C18H22F3NO3. The van der Waals surface area contributed by atoms with E-state index in [-0.39, 0.29) is 11.6 Å². The maximum atomic E-state index is 12.8. The number of nitrogens with one attached hydrogen (secondary N) is 1. The van der Waals surface area contributed by atoms with E-state index in [1.54, 1.807) is 0 Å². The number of esters is 1. The third-order valence-electron chi connectivity index (χ3n) is 4.57. The minimum absolute atomic E-state index is 0.0161. The monoisotopic (exact) mass is 357 g/mol. The number of alkyl halides is 3. The second-order valence-corrected chi connectivity index (χ2v) is 6.32. The standard InChI is InChI=1S/C18H22F3NO3/c1-25-17(24)15(12-7-4-2-3-5-8-12)16(23)22-14-10-6-9-13(11-14)18(19,20)21/h6,9-12,15H,2-5,7-8H2,1H3,(H,22,23)/t15-/m1/s1. The van der Waals surface area contributed by atoms with E-state index < -0.39 is 29.5 Å². The van der Waals surface area contributed by atoms with E-state index in [2.05, 4.69) is 5.32 Å². The summed E-state index contributed by atoms with van der Waals surface area (Å²) in [6.07, 6.45) is 0.929. The van der Waals surface area contributed by atoms with E-state index in [0.29, 0.717) is 0 Å². The summed E-state index contributed by atoms with van der Waals surface area (Å²) < 4.78 is 43.2. The highest BCUT2D eigenvalue weighted by atomic mass is 19.4. The number of anilines is 1. The average molecular weight is 357 g/mol. The van der Waals surface area contributed by atoms with Crippen molar-refractivity contribution in [3.8, 4) is 0 Å². The van der Waals surface area contributed by atoms with Crippen LogP contribution in [-0.2, 0) is 20.5 Å². The summed E-state index contributed by atoms with van der Waals surface area (Å²) in [6, 6.07) is 4.38. The number of ether oxygens (including phenoxy) is 1. The van der Waals surface area contributed by atoms with E-state index in [1.807, 2.05) is 0 Å². The Balaban J connectivity index is 2.18. The van der Waals surface area contributed by atoms with Gasteiger partial charge in [-0.2, -0.15) is 13.2 Å². The van der Waals surface area contributed by atoms with Gasteiger partial charge in [-0.15, -0.1) is 0 Å². The Morgan fingerprint density at radius 3 is 2.36 bits per heavy atom. The number of hydrogen-bond donors (Lipinski definition) is 1.